The van der Waals surface area contributed by atoms with Gasteiger partial charge in [-0.3, -0.25) is 9.59 Å². The van der Waals surface area contributed by atoms with E-state index in [1.807, 2.05) is 29.2 Å². The zero-order valence-corrected chi connectivity index (χ0v) is 15.9. The van der Waals surface area contributed by atoms with Crippen LogP contribution in [0.5, 0.6) is 0 Å². The summed E-state index contributed by atoms with van der Waals surface area (Å²) < 4.78 is 0. The van der Waals surface area contributed by atoms with Crippen molar-refractivity contribution in [1.82, 2.24) is 15.3 Å². The van der Waals surface area contributed by atoms with Crippen LogP contribution in [0.15, 0.2) is 42.7 Å². The Morgan fingerprint density at radius 1 is 1.07 bits per heavy atom. The lowest BCUT2D eigenvalue weighted by molar-refractivity contribution is -0.125. The van der Waals surface area contributed by atoms with Gasteiger partial charge < -0.3 is 15.1 Å². The number of amides is 2. The van der Waals surface area contributed by atoms with Crippen LogP contribution in [0.1, 0.15) is 31.2 Å². The van der Waals surface area contributed by atoms with E-state index >= 15 is 0 Å². The number of nitrogens with one attached hydrogen (secondary N) is 1. The third kappa shape index (κ3) is 4.13. The van der Waals surface area contributed by atoms with Crippen molar-refractivity contribution < 1.29 is 9.59 Å². The quantitative estimate of drug-likeness (QED) is 0.861. The molecular weight excluding hydrogens is 354 g/mol. The highest BCUT2D eigenvalue weighted by atomic mass is 16.2. The Labute approximate surface area is 164 Å². The Hall–Kier alpha value is -2.96. The number of carbonyl (C=O) groups excluding carboxylic acids is 2. The SMILES string of the molecule is O=C(NCc1ccc(N2CCCC2=O)cc1)C1CCN(c2ncccn2)CC1. The van der Waals surface area contributed by atoms with Crippen LogP contribution < -0.4 is 15.1 Å². The molecule has 1 aromatic heterocycles. The zero-order valence-electron chi connectivity index (χ0n) is 15.9. The zero-order chi connectivity index (χ0) is 19.3. The number of nitrogens with zero attached hydrogens (tertiary/aromatic N) is 4. The molecule has 7 heteroatoms. The van der Waals surface area contributed by atoms with Crippen molar-refractivity contribution in [2.45, 2.75) is 32.2 Å². The summed E-state index contributed by atoms with van der Waals surface area (Å²) in [5, 5.41) is 3.05. The van der Waals surface area contributed by atoms with Crippen molar-refractivity contribution in [3.8, 4) is 0 Å². The maximum Gasteiger partial charge on any atom is 0.227 e. The minimum atomic E-state index is 0.0291. The molecule has 7 nitrogen and oxygen atoms in total. The second-order valence-electron chi connectivity index (χ2n) is 7.34. The van der Waals surface area contributed by atoms with Gasteiger partial charge in [-0.05, 0) is 43.0 Å². The molecule has 0 spiro atoms. The summed E-state index contributed by atoms with van der Waals surface area (Å²) in [5.41, 5.74) is 1.98. The summed E-state index contributed by atoms with van der Waals surface area (Å²) in [5.74, 6) is 1.06. The first-order chi connectivity index (χ1) is 13.7. The van der Waals surface area contributed by atoms with E-state index in [2.05, 4.69) is 20.2 Å². The number of aromatic nitrogens is 2. The Balaban J connectivity index is 1.25. The number of anilines is 2. The van der Waals surface area contributed by atoms with E-state index in [0.29, 0.717) is 13.0 Å². The van der Waals surface area contributed by atoms with Gasteiger partial charge in [0.05, 0.1) is 0 Å². The Kier molecular flexibility index (Phi) is 5.50. The average Bonchev–Trinajstić information content (AvgIpc) is 3.19. The molecule has 2 saturated heterocycles. The summed E-state index contributed by atoms with van der Waals surface area (Å²) in [6, 6.07) is 9.69. The van der Waals surface area contributed by atoms with Crippen molar-refractivity contribution in [1.29, 1.82) is 0 Å². The number of benzene rings is 1. The third-order valence-electron chi connectivity index (χ3n) is 5.49. The molecule has 0 aliphatic carbocycles. The topological polar surface area (TPSA) is 78.4 Å². The highest BCUT2D eigenvalue weighted by Crippen LogP contribution is 2.22. The first-order valence-electron chi connectivity index (χ1n) is 9.90. The average molecular weight is 379 g/mol. The maximum atomic E-state index is 12.5. The van der Waals surface area contributed by atoms with E-state index in [1.54, 1.807) is 18.5 Å². The summed E-state index contributed by atoms with van der Waals surface area (Å²) in [6.07, 6.45) is 6.65. The van der Waals surface area contributed by atoms with E-state index in [0.717, 1.165) is 56.1 Å². The monoisotopic (exact) mass is 379 g/mol. The van der Waals surface area contributed by atoms with E-state index in [9.17, 15) is 9.59 Å². The van der Waals surface area contributed by atoms with Gasteiger partial charge in [0.25, 0.3) is 0 Å². The van der Waals surface area contributed by atoms with Gasteiger partial charge in [-0.1, -0.05) is 12.1 Å². The van der Waals surface area contributed by atoms with Gasteiger partial charge >= 0.3 is 0 Å². The summed E-state index contributed by atoms with van der Waals surface area (Å²) in [7, 11) is 0. The number of hydrogen-bond acceptors (Lipinski definition) is 5. The molecule has 4 rings (SSSR count). The molecule has 2 aliphatic rings. The predicted molar refractivity (Wildman–Crippen MR) is 107 cm³/mol. The molecule has 0 unspecified atom stereocenters. The first-order valence-corrected chi connectivity index (χ1v) is 9.90. The van der Waals surface area contributed by atoms with Crippen LogP contribution in [0.3, 0.4) is 0 Å². The van der Waals surface area contributed by atoms with E-state index in [1.165, 1.54) is 0 Å². The first kappa shape index (κ1) is 18.4. The van der Waals surface area contributed by atoms with Gasteiger partial charge in [0.2, 0.25) is 17.8 Å². The number of carbonyl (C=O) groups is 2. The smallest absolute Gasteiger partial charge is 0.227 e. The van der Waals surface area contributed by atoms with Crippen LogP contribution in [0.4, 0.5) is 11.6 Å². The fourth-order valence-electron chi connectivity index (χ4n) is 3.84. The highest BCUT2D eigenvalue weighted by Gasteiger charge is 2.26. The molecule has 1 aromatic carbocycles. The number of piperidine rings is 1. The molecule has 3 heterocycles. The van der Waals surface area contributed by atoms with Gasteiger partial charge in [-0.15, -0.1) is 0 Å². The van der Waals surface area contributed by atoms with Crippen molar-refractivity contribution in [3.05, 3.63) is 48.3 Å². The van der Waals surface area contributed by atoms with Crippen LogP contribution in [0, 0.1) is 5.92 Å². The maximum absolute atomic E-state index is 12.5. The lowest BCUT2D eigenvalue weighted by atomic mass is 9.96. The van der Waals surface area contributed by atoms with Gasteiger partial charge in [-0.2, -0.15) is 0 Å². The van der Waals surface area contributed by atoms with Crippen molar-refractivity contribution in [2.75, 3.05) is 29.4 Å². The second-order valence-corrected chi connectivity index (χ2v) is 7.34. The molecule has 28 heavy (non-hydrogen) atoms. The fourth-order valence-corrected chi connectivity index (χ4v) is 3.84. The molecular formula is C21H25N5O2. The molecule has 0 saturated carbocycles. The second kappa shape index (κ2) is 8.37. The van der Waals surface area contributed by atoms with Gasteiger partial charge in [-0.25, -0.2) is 9.97 Å². The van der Waals surface area contributed by atoms with Crippen LogP contribution in [-0.2, 0) is 16.1 Å². The van der Waals surface area contributed by atoms with Crippen LogP contribution >= 0.6 is 0 Å². The number of hydrogen-bond donors (Lipinski definition) is 1. The Morgan fingerprint density at radius 3 is 2.43 bits per heavy atom. The molecule has 1 N–H and O–H groups in total. The van der Waals surface area contributed by atoms with Crippen molar-refractivity contribution in [2.24, 2.45) is 5.92 Å². The lowest BCUT2D eigenvalue weighted by Crippen LogP contribution is -2.41. The van der Waals surface area contributed by atoms with Crippen LogP contribution in [0.25, 0.3) is 0 Å². The predicted octanol–water partition coefficient (Wildman–Crippen LogP) is 2.14. The molecule has 146 valence electrons. The fraction of sp³-hybridized carbons (Fsp3) is 0.429. The Bertz CT molecular complexity index is 816. The molecule has 0 radical (unpaired) electrons. The molecule has 2 amide bonds. The molecule has 0 bridgehead atoms. The summed E-state index contributed by atoms with van der Waals surface area (Å²) >= 11 is 0. The van der Waals surface area contributed by atoms with Crippen molar-refractivity contribution in [3.63, 3.8) is 0 Å². The van der Waals surface area contributed by atoms with Gasteiger partial charge in [0.1, 0.15) is 0 Å². The van der Waals surface area contributed by atoms with E-state index in [4.69, 9.17) is 0 Å². The normalized spacial score (nSPS) is 17.8. The number of rotatable bonds is 5. The van der Waals surface area contributed by atoms with Crippen LogP contribution in [0.2, 0.25) is 0 Å². The molecule has 2 aliphatic heterocycles. The highest BCUT2D eigenvalue weighted by molar-refractivity contribution is 5.95. The van der Waals surface area contributed by atoms with E-state index < -0.39 is 0 Å². The summed E-state index contributed by atoms with van der Waals surface area (Å²) in [6.45, 7) is 2.89. The van der Waals surface area contributed by atoms with Crippen molar-refractivity contribution >= 4 is 23.5 Å². The lowest BCUT2D eigenvalue weighted by Gasteiger charge is -2.31. The minimum Gasteiger partial charge on any atom is -0.352 e. The van der Waals surface area contributed by atoms with Crippen LogP contribution in [-0.4, -0.2) is 41.4 Å². The third-order valence-corrected chi connectivity index (χ3v) is 5.49. The summed E-state index contributed by atoms with van der Waals surface area (Å²) in [4.78, 5) is 36.9. The van der Waals surface area contributed by atoms with Gasteiger partial charge in [0, 0.05) is 56.6 Å². The minimum absolute atomic E-state index is 0.0291. The Morgan fingerprint density at radius 2 is 1.79 bits per heavy atom. The van der Waals surface area contributed by atoms with Gasteiger partial charge in [0.15, 0.2) is 0 Å². The largest absolute Gasteiger partial charge is 0.352 e. The molecule has 2 fully saturated rings. The van der Waals surface area contributed by atoms with E-state index in [-0.39, 0.29) is 17.7 Å². The molecule has 2 aromatic rings. The standard InChI is InChI=1S/C21H25N5O2/c27-19-3-1-12-26(19)18-6-4-16(5-7-18)15-24-20(28)17-8-13-25(14-9-17)21-22-10-2-11-23-21/h2,4-7,10-11,17H,1,3,8-9,12-15H2,(H,24,28). The molecule has 0 atom stereocenters.